The predicted molar refractivity (Wildman–Crippen MR) is 77.8 cm³/mol. The lowest BCUT2D eigenvalue weighted by molar-refractivity contribution is 0.0759. The highest BCUT2D eigenvalue weighted by Crippen LogP contribution is 2.31. The molecular formula is C14H18F2N2OS. The van der Waals surface area contributed by atoms with E-state index in [1.165, 1.54) is 0 Å². The van der Waals surface area contributed by atoms with E-state index in [0.29, 0.717) is 13.1 Å². The molecule has 0 bridgehead atoms. The summed E-state index contributed by atoms with van der Waals surface area (Å²) in [5, 5.41) is 0. The first kappa shape index (κ1) is 15.1. The smallest absolute Gasteiger partial charge is 0.257 e. The van der Waals surface area contributed by atoms with Gasteiger partial charge in [-0.15, -0.1) is 0 Å². The third kappa shape index (κ3) is 3.23. The summed E-state index contributed by atoms with van der Waals surface area (Å²) in [5.74, 6) is -1.25. The van der Waals surface area contributed by atoms with Crippen molar-refractivity contribution >= 4 is 23.4 Å². The molecule has 1 aliphatic rings. The maximum Gasteiger partial charge on any atom is 0.257 e. The zero-order chi connectivity index (χ0) is 14.9. The Morgan fingerprint density at radius 3 is 2.75 bits per heavy atom. The lowest BCUT2D eigenvalue weighted by Crippen LogP contribution is -2.34. The molecule has 0 aliphatic carbocycles. The number of nitrogens with zero attached hydrogens (tertiary/aromatic N) is 1. The van der Waals surface area contributed by atoms with Crippen molar-refractivity contribution in [1.29, 1.82) is 0 Å². The van der Waals surface area contributed by atoms with Crippen molar-refractivity contribution in [3.05, 3.63) is 29.3 Å². The van der Waals surface area contributed by atoms with Crippen LogP contribution in [0, 0.1) is 11.6 Å². The Hall–Kier alpha value is -1.30. The first-order valence-corrected chi connectivity index (χ1v) is 7.46. The van der Waals surface area contributed by atoms with Crippen molar-refractivity contribution in [2.75, 3.05) is 24.6 Å². The zero-order valence-electron chi connectivity index (χ0n) is 11.6. The maximum atomic E-state index is 13.9. The maximum absolute atomic E-state index is 13.9. The van der Waals surface area contributed by atoms with Crippen molar-refractivity contribution < 1.29 is 13.6 Å². The summed E-state index contributed by atoms with van der Waals surface area (Å²) in [6.07, 6.45) is 0.815. The SMILES string of the molecule is CC1(C)CCN(C(=O)c2cc(F)cc(N)c2F)CCS1. The minimum atomic E-state index is -0.840. The van der Waals surface area contributed by atoms with E-state index in [1.54, 1.807) is 16.7 Å². The van der Waals surface area contributed by atoms with Gasteiger partial charge in [-0.2, -0.15) is 11.8 Å². The van der Waals surface area contributed by atoms with Crippen molar-refractivity contribution in [2.24, 2.45) is 0 Å². The van der Waals surface area contributed by atoms with Crippen LogP contribution in [0.5, 0.6) is 0 Å². The molecule has 1 aliphatic heterocycles. The quantitative estimate of drug-likeness (QED) is 0.811. The Morgan fingerprint density at radius 2 is 2.05 bits per heavy atom. The molecule has 0 aromatic heterocycles. The van der Waals surface area contributed by atoms with Gasteiger partial charge in [0.25, 0.3) is 5.91 Å². The molecule has 1 amide bonds. The van der Waals surface area contributed by atoms with Crippen LogP contribution in [0.15, 0.2) is 12.1 Å². The van der Waals surface area contributed by atoms with E-state index in [9.17, 15) is 13.6 Å². The van der Waals surface area contributed by atoms with E-state index < -0.39 is 17.5 Å². The van der Waals surface area contributed by atoms with Crippen LogP contribution in [0.25, 0.3) is 0 Å². The molecule has 1 aromatic carbocycles. The highest BCUT2D eigenvalue weighted by atomic mass is 32.2. The molecule has 1 aromatic rings. The number of amides is 1. The van der Waals surface area contributed by atoms with Gasteiger partial charge in [0.1, 0.15) is 5.82 Å². The molecule has 110 valence electrons. The van der Waals surface area contributed by atoms with Crippen LogP contribution in [0.4, 0.5) is 14.5 Å². The molecule has 0 radical (unpaired) electrons. The number of benzene rings is 1. The molecule has 2 rings (SSSR count). The van der Waals surface area contributed by atoms with Gasteiger partial charge in [-0.05, 0) is 18.6 Å². The number of hydrogen-bond acceptors (Lipinski definition) is 3. The Balaban J connectivity index is 2.23. The van der Waals surface area contributed by atoms with Gasteiger partial charge in [0.2, 0.25) is 0 Å². The average molecular weight is 300 g/mol. The van der Waals surface area contributed by atoms with Gasteiger partial charge in [-0.25, -0.2) is 8.78 Å². The molecule has 3 nitrogen and oxygen atoms in total. The molecule has 2 N–H and O–H groups in total. The van der Waals surface area contributed by atoms with Gasteiger partial charge in [0, 0.05) is 23.6 Å². The van der Waals surface area contributed by atoms with Gasteiger partial charge >= 0.3 is 0 Å². The fraction of sp³-hybridized carbons (Fsp3) is 0.500. The molecule has 1 heterocycles. The van der Waals surface area contributed by atoms with E-state index >= 15 is 0 Å². The number of hydrogen-bond donors (Lipinski definition) is 1. The van der Waals surface area contributed by atoms with Crippen LogP contribution in [-0.2, 0) is 0 Å². The number of thioether (sulfide) groups is 1. The highest BCUT2D eigenvalue weighted by molar-refractivity contribution is 8.00. The first-order valence-electron chi connectivity index (χ1n) is 6.48. The number of anilines is 1. The van der Waals surface area contributed by atoms with Gasteiger partial charge in [0.15, 0.2) is 5.82 Å². The summed E-state index contributed by atoms with van der Waals surface area (Å²) in [6, 6.07) is 1.80. The van der Waals surface area contributed by atoms with Crippen LogP contribution in [0.3, 0.4) is 0 Å². The standard InChI is InChI=1S/C14H18F2N2OS/c1-14(2)3-4-18(5-6-20-14)13(19)10-7-9(15)8-11(17)12(10)16/h7-8H,3-6,17H2,1-2H3. The molecule has 6 heteroatoms. The Morgan fingerprint density at radius 1 is 1.35 bits per heavy atom. The third-order valence-corrected chi connectivity index (χ3v) is 4.79. The minimum absolute atomic E-state index is 0.0918. The predicted octanol–water partition coefficient (Wildman–Crippen LogP) is 2.90. The van der Waals surface area contributed by atoms with E-state index in [-0.39, 0.29) is 16.0 Å². The molecule has 0 atom stereocenters. The summed E-state index contributed by atoms with van der Waals surface area (Å²) in [5.41, 5.74) is 4.75. The minimum Gasteiger partial charge on any atom is -0.396 e. The van der Waals surface area contributed by atoms with Crippen molar-refractivity contribution in [1.82, 2.24) is 4.90 Å². The van der Waals surface area contributed by atoms with Gasteiger partial charge < -0.3 is 10.6 Å². The summed E-state index contributed by atoms with van der Waals surface area (Å²) >= 11 is 1.78. The number of rotatable bonds is 1. The lowest BCUT2D eigenvalue weighted by Gasteiger charge is -2.23. The molecule has 0 spiro atoms. The molecule has 1 fully saturated rings. The molecule has 0 saturated carbocycles. The van der Waals surface area contributed by atoms with E-state index in [1.807, 2.05) is 0 Å². The summed E-state index contributed by atoms with van der Waals surface area (Å²) in [4.78, 5) is 13.9. The molecule has 0 unspecified atom stereocenters. The van der Waals surface area contributed by atoms with Crippen molar-refractivity contribution in [2.45, 2.75) is 25.0 Å². The van der Waals surface area contributed by atoms with Crippen LogP contribution in [0.2, 0.25) is 0 Å². The number of halogens is 2. The number of nitrogens with two attached hydrogens (primary N) is 1. The van der Waals surface area contributed by atoms with Crippen LogP contribution < -0.4 is 5.73 Å². The fourth-order valence-corrected chi connectivity index (χ4v) is 3.26. The Kier molecular flexibility index (Phi) is 4.22. The number of nitrogen functional groups attached to an aromatic ring is 1. The summed E-state index contributed by atoms with van der Waals surface area (Å²) < 4.78 is 27.3. The lowest BCUT2D eigenvalue weighted by atomic mass is 10.1. The molecular weight excluding hydrogens is 282 g/mol. The third-order valence-electron chi connectivity index (χ3n) is 3.42. The van der Waals surface area contributed by atoms with Crippen LogP contribution >= 0.6 is 11.8 Å². The summed E-state index contributed by atoms with van der Waals surface area (Å²) in [6.45, 7) is 5.30. The second kappa shape index (κ2) is 5.60. The largest absolute Gasteiger partial charge is 0.396 e. The Labute approximate surface area is 121 Å². The van der Waals surface area contributed by atoms with Crippen molar-refractivity contribution in [3.63, 3.8) is 0 Å². The second-order valence-electron chi connectivity index (χ2n) is 5.51. The fourth-order valence-electron chi connectivity index (χ4n) is 2.16. The van der Waals surface area contributed by atoms with Gasteiger partial charge in [-0.1, -0.05) is 13.8 Å². The Bertz CT molecular complexity index is 534. The topological polar surface area (TPSA) is 46.3 Å². The van der Waals surface area contributed by atoms with E-state index in [4.69, 9.17) is 5.73 Å². The molecule has 1 saturated heterocycles. The highest BCUT2D eigenvalue weighted by Gasteiger charge is 2.28. The van der Waals surface area contributed by atoms with Gasteiger partial charge in [0.05, 0.1) is 11.3 Å². The number of carbonyl (C=O) groups is 1. The first-order chi connectivity index (χ1) is 9.30. The van der Waals surface area contributed by atoms with Crippen LogP contribution in [0.1, 0.15) is 30.6 Å². The van der Waals surface area contributed by atoms with E-state index in [2.05, 4.69) is 13.8 Å². The number of carbonyl (C=O) groups excluding carboxylic acids is 1. The normalized spacial score (nSPS) is 18.7. The average Bonchev–Trinajstić information content (AvgIpc) is 2.54. The molecule has 20 heavy (non-hydrogen) atoms. The van der Waals surface area contributed by atoms with Crippen LogP contribution in [-0.4, -0.2) is 34.4 Å². The second-order valence-corrected chi connectivity index (χ2v) is 7.31. The van der Waals surface area contributed by atoms with Gasteiger partial charge in [-0.3, -0.25) is 4.79 Å². The zero-order valence-corrected chi connectivity index (χ0v) is 12.4. The monoisotopic (exact) mass is 300 g/mol. The van der Waals surface area contributed by atoms with E-state index in [0.717, 1.165) is 24.3 Å². The van der Waals surface area contributed by atoms with Crippen molar-refractivity contribution in [3.8, 4) is 0 Å². The summed E-state index contributed by atoms with van der Waals surface area (Å²) in [7, 11) is 0.